The highest BCUT2D eigenvalue weighted by Gasteiger charge is 2.40. The summed E-state index contributed by atoms with van der Waals surface area (Å²) in [5.41, 5.74) is 2.01. The lowest BCUT2D eigenvalue weighted by Crippen LogP contribution is -2.35. The van der Waals surface area contributed by atoms with Gasteiger partial charge in [0.25, 0.3) is 0 Å². The van der Waals surface area contributed by atoms with Gasteiger partial charge in [0.15, 0.2) is 5.60 Å². The van der Waals surface area contributed by atoms with E-state index < -0.39 is 19.4 Å². The van der Waals surface area contributed by atoms with E-state index >= 15 is 0 Å². The second kappa shape index (κ2) is 13.0. The standard InChI is InChI=1S/C23H20O2.C4H11O4P/c1-18(2)22(24)25-23(19-12-6-3-7-13-19,20-14-8-4-9-15-20)21-16-10-5-11-17-21;1-2-3-4-8-9(5,6)7/h3-17H,1H2,2H3;2-4H2,1H3,(H2,5,6,7). The van der Waals surface area contributed by atoms with E-state index in [-0.39, 0.29) is 6.61 Å². The number of unbranched alkanes of at least 4 members (excludes halogenated alkanes) is 1. The van der Waals surface area contributed by atoms with Gasteiger partial charge >= 0.3 is 13.8 Å². The summed E-state index contributed by atoms with van der Waals surface area (Å²) in [6.45, 7) is 7.47. The van der Waals surface area contributed by atoms with Crippen LogP contribution in [0.3, 0.4) is 0 Å². The summed E-state index contributed by atoms with van der Waals surface area (Å²) in [6, 6.07) is 29.4. The summed E-state index contributed by atoms with van der Waals surface area (Å²) in [5.74, 6) is -0.420. The highest BCUT2D eigenvalue weighted by atomic mass is 31.2. The molecule has 0 saturated heterocycles. The number of carbonyl (C=O) groups is 1. The van der Waals surface area contributed by atoms with Gasteiger partial charge in [-0.2, -0.15) is 0 Å². The molecule has 0 aliphatic heterocycles. The largest absolute Gasteiger partial charge is 0.469 e. The van der Waals surface area contributed by atoms with Gasteiger partial charge in [-0.1, -0.05) is 111 Å². The lowest BCUT2D eigenvalue weighted by molar-refractivity contribution is -0.148. The molecule has 34 heavy (non-hydrogen) atoms. The van der Waals surface area contributed by atoms with Crippen LogP contribution in [0.1, 0.15) is 43.4 Å². The van der Waals surface area contributed by atoms with Gasteiger partial charge in [-0.25, -0.2) is 9.36 Å². The van der Waals surface area contributed by atoms with E-state index in [9.17, 15) is 9.36 Å². The number of phosphoric ester groups is 1. The molecule has 180 valence electrons. The van der Waals surface area contributed by atoms with E-state index in [4.69, 9.17) is 14.5 Å². The number of hydrogen-bond donors (Lipinski definition) is 2. The maximum Gasteiger partial charge on any atom is 0.469 e. The predicted octanol–water partition coefficient (Wildman–Crippen LogP) is 5.99. The number of carbonyl (C=O) groups excluding carboxylic acids is 1. The lowest BCUT2D eigenvalue weighted by Gasteiger charge is -2.35. The van der Waals surface area contributed by atoms with E-state index in [1.165, 1.54) is 0 Å². The normalized spacial score (nSPS) is 11.2. The number of phosphoric acid groups is 1. The second-order valence-corrected chi connectivity index (χ2v) is 8.87. The molecule has 0 heterocycles. The minimum Gasteiger partial charge on any atom is -0.441 e. The van der Waals surface area contributed by atoms with Crippen molar-refractivity contribution in [1.82, 2.24) is 0 Å². The van der Waals surface area contributed by atoms with E-state index in [1.807, 2.05) is 97.9 Å². The molecular formula is C27H31O6P. The summed E-state index contributed by atoms with van der Waals surface area (Å²) >= 11 is 0. The molecule has 3 aromatic rings. The number of esters is 1. The van der Waals surface area contributed by atoms with E-state index in [2.05, 4.69) is 11.1 Å². The zero-order valence-electron chi connectivity index (χ0n) is 19.5. The van der Waals surface area contributed by atoms with Crippen molar-refractivity contribution in [3.63, 3.8) is 0 Å². The molecule has 0 bridgehead atoms. The molecule has 0 spiro atoms. The maximum atomic E-state index is 12.6. The van der Waals surface area contributed by atoms with Gasteiger partial charge in [-0.05, 0) is 13.3 Å². The van der Waals surface area contributed by atoms with Crippen LogP contribution < -0.4 is 0 Å². The average Bonchev–Trinajstić information content (AvgIpc) is 2.84. The van der Waals surface area contributed by atoms with Crippen molar-refractivity contribution in [2.24, 2.45) is 0 Å². The highest BCUT2D eigenvalue weighted by Crippen LogP contribution is 2.41. The number of benzene rings is 3. The monoisotopic (exact) mass is 482 g/mol. The fraction of sp³-hybridized carbons (Fsp3) is 0.222. The van der Waals surface area contributed by atoms with Crippen molar-refractivity contribution in [3.8, 4) is 0 Å². The molecule has 7 heteroatoms. The van der Waals surface area contributed by atoms with Gasteiger partial charge in [0.05, 0.1) is 6.61 Å². The fourth-order valence-electron chi connectivity index (χ4n) is 3.25. The second-order valence-electron chi connectivity index (χ2n) is 7.63. The Bertz CT molecular complexity index is 981. The quantitative estimate of drug-likeness (QED) is 0.128. The first-order valence-electron chi connectivity index (χ1n) is 11.0. The van der Waals surface area contributed by atoms with Crippen molar-refractivity contribution >= 4 is 13.8 Å². The van der Waals surface area contributed by atoms with Crippen LogP contribution in [0.4, 0.5) is 0 Å². The van der Waals surface area contributed by atoms with Crippen LogP contribution >= 0.6 is 7.82 Å². The molecule has 3 aromatic carbocycles. The van der Waals surface area contributed by atoms with Crippen molar-refractivity contribution in [2.45, 2.75) is 32.3 Å². The van der Waals surface area contributed by atoms with Crippen LogP contribution in [-0.4, -0.2) is 22.4 Å². The maximum absolute atomic E-state index is 12.6. The Kier molecular flexibility index (Phi) is 10.4. The third-order valence-corrected chi connectivity index (χ3v) is 5.41. The average molecular weight is 483 g/mol. The molecule has 0 unspecified atom stereocenters. The Morgan fingerprint density at radius 2 is 1.24 bits per heavy atom. The zero-order chi connectivity index (χ0) is 25.0. The molecule has 0 saturated carbocycles. The third-order valence-electron chi connectivity index (χ3n) is 4.89. The van der Waals surface area contributed by atoms with Gasteiger partial charge in [0.2, 0.25) is 0 Å². The Morgan fingerprint density at radius 3 is 1.53 bits per heavy atom. The van der Waals surface area contributed by atoms with Crippen LogP contribution in [0, 0.1) is 0 Å². The summed E-state index contributed by atoms with van der Waals surface area (Å²) in [7, 11) is -4.20. The van der Waals surface area contributed by atoms with Gasteiger partial charge in [-0.3, -0.25) is 4.52 Å². The number of rotatable bonds is 9. The minimum absolute atomic E-state index is 0.140. The summed E-state index contributed by atoms with van der Waals surface area (Å²) in [6.07, 6.45) is 1.56. The molecule has 2 N–H and O–H groups in total. The van der Waals surface area contributed by atoms with Gasteiger partial charge in [-0.15, -0.1) is 0 Å². The summed E-state index contributed by atoms with van der Waals surface area (Å²) < 4.78 is 20.2. The SMILES string of the molecule is C=C(C)C(=O)OC(c1ccccc1)(c1ccccc1)c1ccccc1.CCCCOP(=O)(O)O. The van der Waals surface area contributed by atoms with Crippen LogP contribution in [0.25, 0.3) is 0 Å². The molecule has 0 aliphatic rings. The van der Waals surface area contributed by atoms with Gasteiger partial charge < -0.3 is 14.5 Å². The van der Waals surface area contributed by atoms with Crippen molar-refractivity contribution < 1.29 is 28.4 Å². The number of hydrogen-bond acceptors (Lipinski definition) is 4. The molecule has 0 fully saturated rings. The zero-order valence-corrected chi connectivity index (χ0v) is 20.4. The van der Waals surface area contributed by atoms with Crippen LogP contribution in [0.15, 0.2) is 103 Å². The Morgan fingerprint density at radius 1 is 0.853 bits per heavy atom. The third kappa shape index (κ3) is 7.79. The van der Waals surface area contributed by atoms with E-state index in [0.717, 1.165) is 23.1 Å². The first-order valence-corrected chi connectivity index (χ1v) is 12.5. The van der Waals surface area contributed by atoms with Crippen molar-refractivity contribution in [1.29, 1.82) is 0 Å². The first-order chi connectivity index (χ1) is 16.2. The smallest absolute Gasteiger partial charge is 0.441 e. The van der Waals surface area contributed by atoms with Crippen LogP contribution in [0.5, 0.6) is 0 Å². The Hall–Kier alpha value is -3.02. The van der Waals surface area contributed by atoms with E-state index in [0.29, 0.717) is 12.0 Å². The molecule has 6 nitrogen and oxygen atoms in total. The minimum atomic E-state index is -4.20. The fourth-order valence-corrected chi connectivity index (χ4v) is 3.62. The number of ether oxygens (including phenoxy) is 1. The van der Waals surface area contributed by atoms with Crippen molar-refractivity contribution in [2.75, 3.05) is 6.61 Å². The molecule has 0 amide bonds. The van der Waals surface area contributed by atoms with Gasteiger partial charge in [0, 0.05) is 22.3 Å². The molecule has 0 aliphatic carbocycles. The first kappa shape index (κ1) is 27.2. The molecular weight excluding hydrogens is 451 g/mol. The highest BCUT2D eigenvalue weighted by molar-refractivity contribution is 7.46. The Labute approximate surface area is 201 Å². The van der Waals surface area contributed by atoms with Gasteiger partial charge in [0.1, 0.15) is 0 Å². The molecule has 0 aromatic heterocycles. The summed E-state index contributed by atoms with van der Waals surface area (Å²) in [4.78, 5) is 28.8. The van der Waals surface area contributed by atoms with Crippen LogP contribution in [-0.2, 0) is 24.2 Å². The van der Waals surface area contributed by atoms with E-state index in [1.54, 1.807) is 6.92 Å². The lowest BCUT2D eigenvalue weighted by atomic mass is 9.80. The van der Waals surface area contributed by atoms with Crippen LogP contribution in [0.2, 0.25) is 0 Å². The van der Waals surface area contributed by atoms with Crippen molar-refractivity contribution in [3.05, 3.63) is 120 Å². The Balaban J connectivity index is 0.000000387. The molecule has 0 radical (unpaired) electrons. The summed E-state index contributed by atoms with van der Waals surface area (Å²) in [5, 5.41) is 0. The predicted molar refractivity (Wildman–Crippen MR) is 133 cm³/mol. The molecule has 3 rings (SSSR count). The molecule has 0 atom stereocenters. The topological polar surface area (TPSA) is 93.1 Å².